The Hall–Kier alpha value is -3.73. The third kappa shape index (κ3) is 4.32. The van der Waals surface area contributed by atoms with Gasteiger partial charge in [0.05, 0.1) is 23.6 Å². The van der Waals surface area contributed by atoms with Gasteiger partial charge in [0.15, 0.2) is 0 Å². The second-order valence-electron chi connectivity index (χ2n) is 6.49. The molecule has 1 amide bonds. The highest BCUT2D eigenvalue weighted by Crippen LogP contribution is 2.16. The minimum Gasteiger partial charge on any atom is -0.344 e. The number of carbonyl (C=O) groups is 1. The number of rotatable bonds is 6. The number of nitrogens with zero attached hydrogens (tertiary/aromatic N) is 3. The Balaban J connectivity index is 1.49. The number of nitrogens with one attached hydrogen (secondary N) is 1. The fourth-order valence-corrected chi connectivity index (χ4v) is 3.08. The third-order valence-electron chi connectivity index (χ3n) is 4.50. The fraction of sp³-hybridized carbons (Fsp3) is 0.0870. The SMILES string of the molecule is O=C(/C=C/c1ccc2ccccc2n1)NC(Cn1ccnc1)c1ccccc1. The molecule has 2 aromatic carbocycles. The number of aromatic nitrogens is 3. The molecule has 4 rings (SSSR count). The lowest BCUT2D eigenvalue weighted by Gasteiger charge is -2.19. The zero-order chi connectivity index (χ0) is 19.2. The summed E-state index contributed by atoms with van der Waals surface area (Å²) in [5, 5.41) is 4.15. The predicted octanol–water partition coefficient (Wildman–Crippen LogP) is 4.00. The molecule has 0 saturated heterocycles. The van der Waals surface area contributed by atoms with Gasteiger partial charge in [0, 0.05) is 30.4 Å². The molecule has 1 unspecified atom stereocenters. The highest BCUT2D eigenvalue weighted by molar-refractivity contribution is 5.92. The smallest absolute Gasteiger partial charge is 0.244 e. The number of imidazole rings is 1. The Kier molecular flexibility index (Phi) is 5.24. The number of benzene rings is 2. The molecular weight excluding hydrogens is 348 g/mol. The molecule has 1 atom stereocenters. The molecule has 2 heterocycles. The molecular formula is C23H20N4O. The molecule has 0 fully saturated rings. The standard InChI is InChI=1S/C23H20N4O/c28-23(13-12-20-11-10-19-8-4-5-9-21(19)25-20)26-22(16-27-15-14-24-17-27)18-6-2-1-3-7-18/h1-15,17,22H,16H2,(H,26,28)/b13-12+. The van der Waals surface area contributed by atoms with Crippen LogP contribution in [-0.4, -0.2) is 20.4 Å². The van der Waals surface area contributed by atoms with Crippen molar-refractivity contribution in [3.05, 3.63) is 103 Å². The van der Waals surface area contributed by atoms with Gasteiger partial charge in [-0.15, -0.1) is 0 Å². The topological polar surface area (TPSA) is 59.8 Å². The monoisotopic (exact) mass is 368 g/mol. The largest absolute Gasteiger partial charge is 0.344 e. The molecule has 0 bridgehead atoms. The van der Waals surface area contributed by atoms with E-state index in [4.69, 9.17) is 0 Å². The highest BCUT2D eigenvalue weighted by Gasteiger charge is 2.13. The predicted molar refractivity (Wildman–Crippen MR) is 110 cm³/mol. The van der Waals surface area contributed by atoms with Gasteiger partial charge in [0.1, 0.15) is 0 Å². The van der Waals surface area contributed by atoms with Gasteiger partial charge in [-0.1, -0.05) is 54.6 Å². The van der Waals surface area contributed by atoms with Gasteiger partial charge in [-0.3, -0.25) is 4.79 Å². The molecule has 5 heteroatoms. The molecule has 4 aromatic rings. The molecule has 2 aromatic heterocycles. The summed E-state index contributed by atoms with van der Waals surface area (Å²) in [5.41, 5.74) is 2.70. The number of carbonyl (C=O) groups excluding carboxylic acids is 1. The number of hydrogen-bond acceptors (Lipinski definition) is 3. The molecule has 138 valence electrons. The van der Waals surface area contributed by atoms with Crippen LogP contribution >= 0.6 is 0 Å². The first-order valence-corrected chi connectivity index (χ1v) is 9.13. The Bertz CT molecular complexity index is 1090. The normalized spacial score (nSPS) is 12.3. The Labute approximate surface area is 163 Å². The first kappa shape index (κ1) is 17.7. The second kappa shape index (κ2) is 8.31. The van der Waals surface area contributed by atoms with E-state index < -0.39 is 0 Å². The van der Waals surface area contributed by atoms with Crippen LogP contribution in [0.2, 0.25) is 0 Å². The summed E-state index contributed by atoms with van der Waals surface area (Å²) < 4.78 is 1.95. The Morgan fingerprint density at radius 3 is 2.68 bits per heavy atom. The maximum absolute atomic E-state index is 12.5. The first-order valence-electron chi connectivity index (χ1n) is 9.13. The molecule has 1 N–H and O–H groups in total. The molecule has 0 aliphatic heterocycles. The van der Waals surface area contributed by atoms with E-state index in [2.05, 4.69) is 15.3 Å². The average molecular weight is 368 g/mol. The summed E-state index contributed by atoms with van der Waals surface area (Å²) in [6.07, 6.45) is 8.63. The van der Waals surface area contributed by atoms with Crippen LogP contribution in [0.5, 0.6) is 0 Å². The molecule has 0 saturated carbocycles. The minimum absolute atomic E-state index is 0.155. The van der Waals surface area contributed by atoms with E-state index in [0.717, 1.165) is 22.2 Å². The molecule has 0 spiro atoms. The number of hydrogen-bond donors (Lipinski definition) is 1. The number of fused-ring (bicyclic) bond motifs is 1. The summed E-state index contributed by atoms with van der Waals surface area (Å²) in [6, 6.07) is 21.6. The summed E-state index contributed by atoms with van der Waals surface area (Å²) in [5.74, 6) is -0.163. The van der Waals surface area contributed by atoms with Crippen LogP contribution in [0.3, 0.4) is 0 Å². The van der Waals surface area contributed by atoms with Crippen LogP contribution < -0.4 is 5.32 Å². The summed E-state index contributed by atoms with van der Waals surface area (Å²) in [4.78, 5) is 21.2. The van der Waals surface area contributed by atoms with E-state index >= 15 is 0 Å². The van der Waals surface area contributed by atoms with Crippen LogP contribution in [0.4, 0.5) is 0 Å². The van der Waals surface area contributed by atoms with Gasteiger partial charge >= 0.3 is 0 Å². The van der Waals surface area contributed by atoms with Crippen molar-refractivity contribution < 1.29 is 4.79 Å². The zero-order valence-electron chi connectivity index (χ0n) is 15.3. The first-order chi connectivity index (χ1) is 13.8. The van der Waals surface area contributed by atoms with E-state index in [1.165, 1.54) is 6.08 Å². The van der Waals surface area contributed by atoms with Gasteiger partial charge in [0.25, 0.3) is 0 Å². The van der Waals surface area contributed by atoms with E-state index in [1.54, 1.807) is 18.6 Å². The van der Waals surface area contributed by atoms with Crippen LogP contribution in [0.15, 0.2) is 91.5 Å². The molecule has 0 aliphatic rings. The van der Waals surface area contributed by atoms with Gasteiger partial charge < -0.3 is 9.88 Å². The minimum atomic E-state index is -0.163. The van der Waals surface area contributed by atoms with Gasteiger partial charge in [0.2, 0.25) is 5.91 Å². The fourth-order valence-electron chi connectivity index (χ4n) is 3.08. The quantitative estimate of drug-likeness (QED) is 0.523. The molecule has 0 aliphatic carbocycles. The molecule has 0 radical (unpaired) electrons. The average Bonchev–Trinajstić information content (AvgIpc) is 3.25. The van der Waals surface area contributed by atoms with Crippen LogP contribution in [0.25, 0.3) is 17.0 Å². The zero-order valence-corrected chi connectivity index (χ0v) is 15.3. The Morgan fingerprint density at radius 1 is 1.04 bits per heavy atom. The van der Waals surface area contributed by atoms with Crippen LogP contribution in [0.1, 0.15) is 17.3 Å². The summed E-state index contributed by atoms with van der Waals surface area (Å²) in [6.45, 7) is 0.609. The Morgan fingerprint density at radius 2 is 1.86 bits per heavy atom. The molecule has 5 nitrogen and oxygen atoms in total. The lowest BCUT2D eigenvalue weighted by molar-refractivity contribution is -0.117. The van der Waals surface area contributed by atoms with Gasteiger partial charge in [-0.25, -0.2) is 9.97 Å². The van der Waals surface area contributed by atoms with E-state index in [-0.39, 0.29) is 11.9 Å². The summed E-state index contributed by atoms with van der Waals surface area (Å²) >= 11 is 0. The summed E-state index contributed by atoms with van der Waals surface area (Å²) in [7, 11) is 0. The van der Waals surface area contributed by atoms with E-state index in [9.17, 15) is 4.79 Å². The van der Waals surface area contributed by atoms with E-state index in [1.807, 2.05) is 77.5 Å². The van der Waals surface area contributed by atoms with Crippen molar-refractivity contribution in [1.82, 2.24) is 19.9 Å². The van der Waals surface area contributed by atoms with E-state index in [0.29, 0.717) is 6.54 Å². The van der Waals surface area contributed by atoms with Crippen molar-refractivity contribution in [2.45, 2.75) is 12.6 Å². The van der Waals surface area contributed by atoms with Gasteiger partial charge in [-0.2, -0.15) is 0 Å². The third-order valence-corrected chi connectivity index (χ3v) is 4.50. The molecule has 28 heavy (non-hydrogen) atoms. The second-order valence-corrected chi connectivity index (χ2v) is 6.49. The van der Waals surface area contributed by atoms with Crippen molar-refractivity contribution in [1.29, 1.82) is 0 Å². The van der Waals surface area contributed by atoms with Crippen molar-refractivity contribution in [2.75, 3.05) is 0 Å². The highest BCUT2D eigenvalue weighted by atomic mass is 16.1. The van der Waals surface area contributed by atoms with Crippen molar-refractivity contribution in [2.24, 2.45) is 0 Å². The van der Waals surface area contributed by atoms with Crippen molar-refractivity contribution >= 4 is 22.9 Å². The van der Waals surface area contributed by atoms with Crippen molar-refractivity contribution in [3.8, 4) is 0 Å². The van der Waals surface area contributed by atoms with Gasteiger partial charge in [-0.05, 0) is 23.8 Å². The van der Waals surface area contributed by atoms with Crippen molar-refractivity contribution in [3.63, 3.8) is 0 Å². The maximum Gasteiger partial charge on any atom is 0.244 e. The lowest BCUT2D eigenvalue weighted by Crippen LogP contribution is -2.29. The lowest BCUT2D eigenvalue weighted by atomic mass is 10.1. The number of pyridine rings is 1. The number of para-hydroxylation sites is 1. The number of amides is 1. The van der Waals surface area contributed by atoms with Crippen LogP contribution in [-0.2, 0) is 11.3 Å². The van der Waals surface area contributed by atoms with Crippen LogP contribution in [0, 0.1) is 0 Å². The maximum atomic E-state index is 12.5.